The Balaban J connectivity index is 1.69. The third kappa shape index (κ3) is 2.14. The van der Waals surface area contributed by atoms with Crippen LogP contribution in [0.1, 0.15) is 30.4 Å². The van der Waals surface area contributed by atoms with Gasteiger partial charge in [0.2, 0.25) is 0 Å². The van der Waals surface area contributed by atoms with Crippen LogP contribution in [0.5, 0.6) is 0 Å². The number of nitrogens with zero attached hydrogens (tertiary/aromatic N) is 1. The van der Waals surface area contributed by atoms with E-state index in [1.54, 1.807) is 0 Å². The second-order valence-electron chi connectivity index (χ2n) is 5.60. The number of guanidine groups is 1. The Labute approximate surface area is 102 Å². The minimum atomic E-state index is 0.487. The summed E-state index contributed by atoms with van der Waals surface area (Å²) in [6.07, 6.45) is 3.93. The highest BCUT2D eigenvalue weighted by Gasteiger charge is 2.63. The van der Waals surface area contributed by atoms with Gasteiger partial charge in [-0.3, -0.25) is 0 Å². The average molecular weight is 229 g/mol. The molecular formula is C14H19N3. The number of rotatable bonds is 2. The van der Waals surface area contributed by atoms with Crippen molar-refractivity contribution in [1.82, 2.24) is 0 Å². The smallest absolute Gasteiger partial charge is 0.193 e. The van der Waals surface area contributed by atoms with Gasteiger partial charge in [-0.2, -0.15) is 0 Å². The highest BCUT2D eigenvalue weighted by Crippen LogP contribution is 2.67. The van der Waals surface area contributed by atoms with Crippen molar-refractivity contribution in [2.24, 2.45) is 16.1 Å². The molecule has 2 aliphatic rings. The quantitative estimate of drug-likeness (QED) is 0.605. The predicted molar refractivity (Wildman–Crippen MR) is 71.2 cm³/mol. The molecule has 3 nitrogen and oxygen atoms in total. The molecule has 17 heavy (non-hydrogen) atoms. The molecule has 3 N–H and O–H groups in total. The van der Waals surface area contributed by atoms with Crippen molar-refractivity contribution >= 4 is 11.6 Å². The van der Waals surface area contributed by atoms with Gasteiger partial charge in [0, 0.05) is 5.69 Å². The Morgan fingerprint density at radius 1 is 1.29 bits per heavy atom. The van der Waals surface area contributed by atoms with Crippen LogP contribution in [-0.4, -0.2) is 12.0 Å². The molecule has 0 aliphatic heterocycles. The fourth-order valence-electron chi connectivity index (χ4n) is 2.60. The summed E-state index contributed by atoms with van der Waals surface area (Å²) in [7, 11) is 0. The summed E-state index contributed by atoms with van der Waals surface area (Å²) in [6, 6.07) is 6.82. The van der Waals surface area contributed by atoms with Gasteiger partial charge in [-0.05, 0) is 61.8 Å². The van der Waals surface area contributed by atoms with E-state index in [2.05, 4.69) is 42.4 Å². The zero-order chi connectivity index (χ0) is 12.0. The zero-order valence-corrected chi connectivity index (χ0v) is 10.5. The monoisotopic (exact) mass is 229 g/mol. The van der Waals surface area contributed by atoms with Gasteiger partial charge in [-0.15, -0.1) is 0 Å². The number of anilines is 1. The maximum Gasteiger partial charge on any atom is 0.193 e. The van der Waals surface area contributed by atoms with Gasteiger partial charge in [0.1, 0.15) is 0 Å². The lowest BCUT2D eigenvalue weighted by Gasteiger charge is -2.07. The fourth-order valence-corrected chi connectivity index (χ4v) is 2.60. The Kier molecular flexibility index (Phi) is 2.18. The molecule has 3 rings (SSSR count). The largest absolute Gasteiger partial charge is 0.370 e. The molecule has 2 fully saturated rings. The minimum absolute atomic E-state index is 0.487. The Morgan fingerprint density at radius 2 is 1.94 bits per heavy atom. The number of aryl methyl sites for hydroxylation is 2. The normalized spacial score (nSPS) is 24.8. The van der Waals surface area contributed by atoms with E-state index >= 15 is 0 Å². The molecule has 0 aromatic heterocycles. The minimum Gasteiger partial charge on any atom is -0.370 e. The Bertz CT molecular complexity index is 466. The third-order valence-electron chi connectivity index (χ3n) is 3.83. The summed E-state index contributed by atoms with van der Waals surface area (Å²) >= 11 is 0. The fraction of sp³-hybridized carbons (Fsp3) is 0.500. The van der Waals surface area contributed by atoms with Crippen LogP contribution < -0.4 is 11.1 Å². The van der Waals surface area contributed by atoms with Crippen LogP contribution >= 0.6 is 0 Å². The lowest BCUT2D eigenvalue weighted by atomic mass is 10.1. The number of hydrogen-bond donors (Lipinski definition) is 2. The van der Waals surface area contributed by atoms with Crippen LogP contribution in [0, 0.1) is 19.3 Å². The summed E-state index contributed by atoms with van der Waals surface area (Å²) in [4.78, 5) is 4.54. The van der Waals surface area contributed by atoms with Crippen molar-refractivity contribution in [2.75, 3.05) is 5.32 Å². The first-order chi connectivity index (χ1) is 8.07. The summed E-state index contributed by atoms with van der Waals surface area (Å²) in [5.41, 5.74) is 10.0. The first-order valence-corrected chi connectivity index (χ1v) is 6.26. The van der Waals surface area contributed by atoms with Crippen molar-refractivity contribution < 1.29 is 0 Å². The number of benzene rings is 1. The molecule has 2 aliphatic carbocycles. The molecule has 0 bridgehead atoms. The van der Waals surface area contributed by atoms with E-state index in [-0.39, 0.29) is 0 Å². The molecule has 1 unspecified atom stereocenters. The topological polar surface area (TPSA) is 50.4 Å². The number of hydrogen-bond acceptors (Lipinski definition) is 1. The van der Waals surface area contributed by atoms with E-state index < -0.39 is 0 Å². The van der Waals surface area contributed by atoms with E-state index in [4.69, 9.17) is 5.73 Å². The summed E-state index contributed by atoms with van der Waals surface area (Å²) in [5.74, 6) is 0.559. The first kappa shape index (κ1) is 10.6. The number of nitrogens with two attached hydrogens (primary N) is 1. The SMILES string of the molecule is Cc1cc(C)cc(NC(N)=NC2CC23CC3)c1. The van der Waals surface area contributed by atoms with Crippen molar-refractivity contribution in [3.63, 3.8) is 0 Å². The zero-order valence-electron chi connectivity index (χ0n) is 10.5. The third-order valence-corrected chi connectivity index (χ3v) is 3.83. The average Bonchev–Trinajstić information content (AvgIpc) is 3.07. The molecule has 0 heterocycles. The van der Waals surface area contributed by atoms with Crippen molar-refractivity contribution in [3.05, 3.63) is 29.3 Å². The highest BCUT2D eigenvalue weighted by molar-refractivity contribution is 5.92. The molecule has 1 atom stereocenters. The van der Waals surface area contributed by atoms with Crippen molar-refractivity contribution in [2.45, 2.75) is 39.2 Å². The van der Waals surface area contributed by atoms with Gasteiger partial charge in [0.15, 0.2) is 5.96 Å². The molecule has 2 saturated carbocycles. The summed E-state index contributed by atoms with van der Waals surface area (Å²) in [5, 5.41) is 3.19. The van der Waals surface area contributed by atoms with E-state index in [1.807, 2.05) is 0 Å². The molecule has 0 saturated heterocycles. The first-order valence-electron chi connectivity index (χ1n) is 6.26. The standard InChI is InChI=1S/C14H19N3/c1-9-5-10(2)7-11(6-9)16-13(15)17-12-8-14(12)3-4-14/h5-7,12H,3-4,8H2,1-2H3,(H3,15,16,17). The van der Waals surface area contributed by atoms with Gasteiger partial charge in [-0.1, -0.05) is 6.07 Å². The molecular weight excluding hydrogens is 210 g/mol. The number of aliphatic imine (C=N–C) groups is 1. The maximum atomic E-state index is 5.93. The van der Waals surface area contributed by atoms with Gasteiger partial charge < -0.3 is 11.1 Å². The summed E-state index contributed by atoms with van der Waals surface area (Å²) < 4.78 is 0. The molecule has 0 radical (unpaired) electrons. The van der Waals surface area contributed by atoms with E-state index in [0.29, 0.717) is 17.4 Å². The van der Waals surface area contributed by atoms with Crippen molar-refractivity contribution in [1.29, 1.82) is 0 Å². The molecule has 3 heteroatoms. The number of nitrogens with one attached hydrogen (secondary N) is 1. The maximum absolute atomic E-state index is 5.93. The molecule has 90 valence electrons. The summed E-state index contributed by atoms with van der Waals surface area (Å²) in [6.45, 7) is 4.18. The van der Waals surface area contributed by atoms with Crippen LogP contribution in [0.25, 0.3) is 0 Å². The van der Waals surface area contributed by atoms with Crippen LogP contribution in [-0.2, 0) is 0 Å². The Morgan fingerprint density at radius 3 is 2.47 bits per heavy atom. The van der Waals surface area contributed by atoms with E-state index in [9.17, 15) is 0 Å². The molecule has 1 spiro atoms. The second-order valence-corrected chi connectivity index (χ2v) is 5.60. The van der Waals surface area contributed by atoms with E-state index in [0.717, 1.165) is 5.69 Å². The molecule has 1 aromatic rings. The van der Waals surface area contributed by atoms with Crippen molar-refractivity contribution in [3.8, 4) is 0 Å². The van der Waals surface area contributed by atoms with Gasteiger partial charge in [-0.25, -0.2) is 4.99 Å². The van der Waals surface area contributed by atoms with Crippen LogP contribution in [0.4, 0.5) is 5.69 Å². The lowest BCUT2D eigenvalue weighted by Crippen LogP contribution is -2.23. The van der Waals surface area contributed by atoms with Gasteiger partial charge in [0.05, 0.1) is 6.04 Å². The predicted octanol–water partition coefficient (Wildman–Crippen LogP) is 2.58. The van der Waals surface area contributed by atoms with Crippen LogP contribution in [0.3, 0.4) is 0 Å². The lowest BCUT2D eigenvalue weighted by molar-refractivity contribution is 0.825. The Hall–Kier alpha value is -1.51. The molecule has 0 amide bonds. The van der Waals surface area contributed by atoms with Gasteiger partial charge >= 0.3 is 0 Å². The van der Waals surface area contributed by atoms with Crippen LogP contribution in [0.15, 0.2) is 23.2 Å². The van der Waals surface area contributed by atoms with Crippen LogP contribution in [0.2, 0.25) is 0 Å². The van der Waals surface area contributed by atoms with E-state index in [1.165, 1.54) is 30.4 Å². The van der Waals surface area contributed by atoms with Gasteiger partial charge in [0.25, 0.3) is 0 Å². The second kappa shape index (κ2) is 3.49. The molecule has 1 aromatic carbocycles. The highest BCUT2D eigenvalue weighted by atomic mass is 15.1.